The molecule has 0 saturated carbocycles. The van der Waals surface area contributed by atoms with E-state index in [1.165, 1.54) is 0 Å². The highest BCUT2D eigenvalue weighted by atomic mass is 79.9. The summed E-state index contributed by atoms with van der Waals surface area (Å²) in [6, 6.07) is 10.6. The number of carbonyl (C=O) groups excluding carboxylic acids is 1. The lowest BCUT2D eigenvalue weighted by molar-refractivity contribution is 0.102. The average molecular weight is 351 g/mol. The maximum atomic E-state index is 12.1. The van der Waals surface area contributed by atoms with E-state index < -0.39 is 0 Å². The molecule has 2 aromatic rings. The Morgan fingerprint density at radius 2 is 1.90 bits per heavy atom. The van der Waals surface area contributed by atoms with Crippen molar-refractivity contribution in [1.29, 1.82) is 0 Å². The minimum absolute atomic E-state index is 0.239. The fraction of sp³-hybridized carbons (Fsp3) is 0.214. The van der Waals surface area contributed by atoms with Gasteiger partial charge in [0, 0.05) is 18.1 Å². The Morgan fingerprint density at radius 3 is 2.57 bits per heavy atom. The van der Waals surface area contributed by atoms with Crippen LogP contribution < -0.4 is 10.6 Å². The van der Waals surface area contributed by atoms with Crippen molar-refractivity contribution in [2.75, 3.05) is 30.9 Å². The largest absolute Gasteiger partial charge is 0.383 e. The lowest BCUT2D eigenvalue weighted by atomic mass is 10.2. The number of aromatic nitrogens is 2. The first-order valence-electron chi connectivity index (χ1n) is 6.33. The van der Waals surface area contributed by atoms with Crippen LogP contribution >= 0.6 is 15.9 Å². The molecule has 110 valence electrons. The van der Waals surface area contributed by atoms with Gasteiger partial charge in [0.1, 0.15) is 5.82 Å². The predicted octanol–water partition coefficient (Wildman–Crippen LogP) is 2.55. The third kappa shape index (κ3) is 4.51. The number of hydrogen-bond donors (Lipinski definition) is 2. The first-order valence-corrected chi connectivity index (χ1v) is 7.12. The molecule has 0 radical (unpaired) electrons. The number of carbonyl (C=O) groups is 1. The standard InChI is InChI=1S/C14H15BrN4O2/c1-21-9-8-16-12-6-7-13(19-18-12)17-14(20)10-4-2-3-5-11(10)15/h2-7H,8-9H2,1H3,(H,16,18)(H,17,19,20). The second kappa shape index (κ2) is 7.70. The minimum atomic E-state index is -0.239. The van der Waals surface area contributed by atoms with Gasteiger partial charge in [-0.15, -0.1) is 10.2 Å². The third-order valence-electron chi connectivity index (χ3n) is 2.64. The van der Waals surface area contributed by atoms with Crippen molar-refractivity contribution in [3.05, 3.63) is 46.4 Å². The molecule has 1 aromatic heterocycles. The Hall–Kier alpha value is -1.99. The Kier molecular flexibility index (Phi) is 5.65. The highest BCUT2D eigenvalue weighted by Crippen LogP contribution is 2.17. The van der Waals surface area contributed by atoms with Crippen LogP contribution in [0.1, 0.15) is 10.4 Å². The topological polar surface area (TPSA) is 76.1 Å². The van der Waals surface area contributed by atoms with Gasteiger partial charge < -0.3 is 15.4 Å². The molecule has 6 nitrogen and oxygen atoms in total. The van der Waals surface area contributed by atoms with E-state index in [9.17, 15) is 4.79 Å². The van der Waals surface area contributed by atoms with Crippen LogP contribution in [-0.2, 0) is 4.74 Å². The van der Waals surface area contributed by atoms with Crippen LogP contribution in [0.3, 0.4) is 0 Å². The van der Waals surface area contributed by atoms with Crippen LogP contribution in [0.2, 0.25) is 0 Å². The predicted molar refractivity (Wildman–Crippen MR) is 84.5 cm³/mol. The van der Waals surface area contributed by atoms with E-state index in [0.717, 1.165) is 4.47 Å². The molecule has 1 heterocycles. The van der Waals surface area contributed by atoms with Gasteiger partial charge in [0.25, 0.3) is 5.91 Å². The lowest BCUT2D eigenvalue weighted by Gasteiger charge is -2.07. The first kappa shape index (κ1) is 15.4. The summed E-state index contributed by atoms with van der Waals surface area (Å²) in [5, 5.41) is 13.7. The van der Waals surface area contributed by atoms with Gasteiger partial charge in [0.2, 0.25) is 0 Å². The molecule has 0 unspecified atom stereocenters. The molecule has 0 aliphatic heterocycles. The summed E-state index contributed by atoms with van der Waals surface area (Å²) in [7, 11) is 1.63. The van der Waals surface area contributed by atoms with Gasteiger partial charge in [0.15, 0.2) is 5.82 Å². The Bertz CT molecular complexity index is 604. The van der Waals surface area contributed by atoms with E-state index in [1.54, 1.807) is 31.4 Å². The van der Waals surface area contributed by atoms with Crippen molar-refractivity contribution < 1.29 is 9.53 Å². The molecule has 0 atom stereocenters. The zero-order chi connectivity index (χ0) is 15.1. The average Bonchev–Trinajstić information content (AvgIpc) is 2.49. The number of hydrogen-bond acceptors (Lipinski definition) is 5. The van der Waals surface area contributed by atoms with Gasteiger partial charge in [-0.2, -0.15) is 0 Å². The molecule has 0 aliphatic carbocycles. The maximum absolute atomic E-state index is 12.1. The van der Waals surface area contributed by atoms with Gasteiger partial charge in [-0.1, -0.05) is 12.1 Å². The van der Waals surface area contributed by atoms with Crippen molar-refractivity contribution in [1.82, 2.24) is 10.2 Å². The number of benzene rings is 1. The smallest absolute Gasteiger partial charge is 0.258 e. The highest BCUT2D eigenvalue weighted by molar-refractivity contribution is 9.10. The molecule has 2 rings (SSSR count). The van der Waals surface area contributed by atoms with Crippen LogP contribution in [0.4, 0.5) is 11.6 Å². The summed E-state index contributed by atoms with van der Waals surface area (Å²) in [6.07, 6.45) is 0. The monoisotopic (exact) mass is 350 g/mol. The van der Waals surface area contributed by atoms with Crippen LogP contribution in [0.15, 0.2) is 40.9 Å². The van der Waals surface area contributed by atoms with E-state index in [1.807, 2.05) is 12.1 Å². The zero-order valence-electron chi connectivity index (χ0n) is 11.5. The van der Waals surface area contributed by atoms with Crippen molar-refractivity contribution in [2.45, 2.75) is 0 Å². The number of halogens is 1. The van der Waals surface area contributed by atoms with Crippen LogP contribution in [-0.4, -0.2) is 36.4 Å². The molecule has 1 aromatic carbocycles. The third-order valence-corrected chi connectivity index (χ3v) is 3.33. The van der Waals surface area contributed by atoms with Crippen LogP contribution in [0.5, 0.6) is 0 Å². The van der Waals surface area contributed by atoms with Gasteiger partial charge in [-0.05, 0) is 40.2 Å². The summed E-state index contributed by atoms with van der Waals surface area (Å²) in [6.45, 7) is 1.23. The Balaban J connectivity index is 1.97. The zero-order valence-corrected chi connectivity index (χ0v) is 13.1. The van der Waals surface area contributed by atoms with Crippen molar-refractivity contribution >= 4 is 33.5 Å². The summed E-state index contributed by atoms with van der Waals surface area (Å²) < 4.78 is 5.66. The second-order valence-corrected chi connectivity index (χ2v) is 5.01. The molecule has 0 fully saturated rings. The number of nitrogens with one attached hydrogen (secondary N) is 2. The first-order chi connectivity index (χ1) is 10.2. The Labute approximate surface area is 131 Å². The van der Waals surface area contributed by atoms with Crippen LogP contribution in [0, 0.1) is 0 Å². The summed E-state index contributed by atoms with van der Waals surface area (Å²) in [5.41, 5.74) is 0.543. The summed E-state index contributed by atoms with van der Waals surface area (Å²) in [5.74, 6) is 0.788. The molecule has 0 bridgehead atoms. The molecule has 7 heteroatoms. The number of ether oxygens (including phenoxy) is 1. The molecule has 1 amide bonds. The number of rotatable bonds is 6. The molecule has 2 N–H and O–H groups in total. The molecule has 0 saturated heterocycles. The molecular formula is C14H15BrN4O2. The maximum Gasteiger partial charge on any atom is 0.258 e. The quantitative estimate of drug-likeness (QED) is 0.783. The van der Waals surface area contributed by atoms with E-state index in [4.69, 9.17) is 4.74 Å². The highest BCUT2D eigenvalue weighted by Gasteiger charge is 2.10. The summed E-state index contributed by atoms with van der Waals surface area (Å²) in [4.78, 5) is 12.1. The van der Waals surface area contributed by atoms with E-state index in [0.29, 0.717) is 30.4 Å². The van der Waals surface area contributed by atoms with Crippen LogP contribution in [0.25, 0.3) is 0 Å². The summed E-state index contributed by atoms with van der Waals surface area (Å²) >= 11 is 3.34. The van der Waals surface area contributed by atoms with Gasteiger partial charge in [-0.25, -0.2) is 0 Å². The minimum Gasteiger partial charge on any atom is -0.383 e. The van der Waals surface area contributed by atoms with E-state index in [-0.39, 0.29) is 5.91 Å². The lowest BCUT2D eigenvalue weighted by Crippen LogP contribution is -2.14. The number of methoxy groups -OCH3 is 1. The number of anilines is 2. The van der Waals surface area contributed by atoms with E-state index in [2.05, 4.69) is 36.8 Å². The fourth-order valence-electron chi connectivity index (χ4n) is 1.60. The van der Waals surface area contributed by atoms with Crippen molar-refractivity contribution in [3.63, 3.8) is 0 Å². The molecule has 0 spiro atoms. The molecular weight excluding hydrogens is 336 g/mol. The van der Waals surface area contributed by atoms with Crippen molar-refractivity contribution in [2.24, 2.45) is 0 Å². The normalized spacial score (nSPS) is 10.2. The SMILES string of the molecule is COCCNc1ccc(NC(=O)c2ccccc2Br)nn1. The molecule has 0 aliphatic rings. The second-order valence-electron chi connectivity index (χ2n) is 4.16. The Morgan fingerprint density at radius 1 is 1.19 bits per heavy atom. The van der Waals surface area contributed by atoms with Gasteiger partial charge >= 0.3 is 0 Å². The van der Waals surface area contributed by atoms with Crippen molar-refractivity contribution in [3.8, 4) is 0 Å². The number of nitrogens with zero attached hydrogens (tertiary/aromatic N) is 2. The van der Waals surface area contributed by atoms with Gasteiger partial charge in [-0.3, -0.25) is 4.79 Å². The van der Waals surface area contributed by atoms with Gasteiger partial charge in [0.05, 0.1) is 12.2 Å². The number of amides is 1. The fourth-order valence-corrected chi connectivity index (χ4v) is 2.07. The molecule has 21 heavy (non-hydrogen) atoms. The van der Waals surface area contributed by atoms with E-state index >= 15 is 0 Å².